The minimum absolute atomic E-state index is 0.0258. The molecule has 1 unspecified atom stereocenters. The average molecular weight is 440 g/mol. The Labute approximate surface area is 181 Å². The van der Waals surface area contributed by atoms with Gasteiger partial charge in [0.05, 0.1) is 10.9 Å². The number of hydrogen-bond acceptors (Lipinski definition) is 5. The number of fused-ring (bicyclic) bond motifs is 1. The Kier molecular flexibility index (Phi) is 5.91. The first-order valence-electron chi connectivity index (χ1n) is 9.56. The van der Waals surface area contributed by atoms with Gasteiger partial charge in [0.2, 0.25) is 5.95 Å². The first-order chi connectivity index (χ1) is 14.5. The molecule has 9 heteroatoms. The highest BCUT2D eigenvalue weighted by Gasteiger charge is 2.20. The predicted octanol–water partition coefficient (Wildman–Crippen LogP) is 3.64. The number of benzene rings is 2. The fraction of sp³-hybridized carbons (Fsp3) is 0.190. The van der Waals surface area contributed by atoms with Crippen molar-refractivity contribution in [3.8, 4) is 0 Å². The summed E-state index contributed by atoms with van der Waals surface area (Å²) in [5.41, 5.74) is 3.34. The normalized spacial score (nSPS) is 15.7. The van der Waals surface area contributed by atoms with E-state index in [4.69, 9.17) is 12.2 Å². The SMILES string of the molecule is O=S(=O)(Nc1ncccn1)c1ccc(NC(=S)NC2CCCc3ccccc32)cc1. The summed E-state index contributed by atoms with van der Waals surface area (Å²) in [6.07, 6.45) is 6.16. The smallest absolute Gasteiger partial charge is 0.264 e. The van der Waals surface area contributed by atoms with Crippen LogP contribution < -0.4 is 15.4 Å². The predicted molar refractivity (Wildman–Crippen MR) is 121 cm³/mol. The van der Waals surface area contributed by atoms with Gasteiger partial charge in [0.1, 0.15) is 0 Å². The van der Waals surface area contributed by atoms with Crippen molar-refractivity contribution in [1.29, 1.82) is 0 Å². The van der Waals surface area contributed by atoms with Crippen molar-refractivity contribution in [2.24, 2.45) is 0 Å². The summed E-state index contributed by atoms with van der Waals surface area (Å²) in [6, 6.07) is 16.5. The van der Waals surface area contributed by atoms with Crippen molar-refractivity contribution >= 4 is 39.0 Å². The number of nitrogens with zero attached hydrogens (tertiary/aromatic N) is 2. The van der Waals surface area contributed by atoms with Crippen LogP contribution in [-0.2, 0) is 16.4 Å². The molecule has 4 rings (SSSR count). The van der Waals surface area contributed by atoms with Crippen molar-refractivity contribution in [2.75, 3.05) is 10.0 Å². The highest BCUT2D eigenvalue weighted by atomic mass is 32.2. The van der Waals surface area contributed by atoms with Crippen LogP contribution in [0, 0.1) is 0 Å². The van der Waals surface area contributed by atoms with Crippen LogP contribution >= 0.6 is 12.2 Å². The number of sulfonamides is 1. The number of thiocarbonyl (C=S) groups is 1. The molecule has 0 amide bonds. The molecule has 1 aliphatic rings. The number of anilines is 2. The van der Waals surface area contributed by atoms with Gasteiger partial charge in [0.25, 0.3) is 10.0 Å². The maximum atomic E-state index is 12.5. The van der Waals surface area contributed by atoms with E-state index in [-0.39, 0.29) is 16.9 Å². The van der Waals surface area contributed by atoms with Crippen molar-refractivity contribution in [3.63, 3.8) is 0 Å². The zero-order valence-electron chi connectivity index (χ0n) is 16.1. The minimum atomic E-state index is -3.77. The molecule has 0 aliphatic heterocycles. The summed E-state index contributed by atoms with van der Waals surface area (Å²) in [4.78, 5) is 7.87. The quantitative estimate of drug-likeness (QED) is 0.522. The maximum absolute atomic E-state index is 12.5. The number of aromatic nitrogens is 2. The van der Waals surface area contributed by atoms with Crippen LogP contribution in [-0.4, -0.2) is 23.5 Å². The van der Waals surface area contributed by atoms with Crippen molar-refractivity contribution < 1.29 is 8.42 Å². The molecule has 1 aliphatic carbocycles. The molecule has 2 aromatic carbocycles. The fourth-order valence-electron chi connectivity index (χ4n) is 3.48. The Bertz CT molecular complexity index is 1140. The van der Waals surface area contributed by atoms with Gasteiger partial charge in [0, 0.05) is 18.1 Å². The fourth-order valence-corrected chi connectivity index (χ4v) is 4.70. The molecule has 30 heavy (non-hydrogen) atoms. The maximum Gasteiger partial charge on any atom is 0.264 e. The van der Waals surface area contributed by atoms with Gasteiger partial charge in [-0.25, -0.2) is 23.1 Å². The van der Waals surface area contributed by atoms with E-state index in [9.17, 15) is 8.42 Å². The van der Waals surface area contributed by atoms with Gasteiger partial charge in [-0.05, 0) is 72.9 Å². The van der Waals surface area contributed by atoms with E-state index < -0.39 is 10.0 Å². The van der Waals surface area contributed by atoms with Crippen molar-refractivity contribution in [1.82, 2.24) is 15.3 Å². The molecule has 1 atom stereocenters. The summed E-state index contributed by atoms with van der Waals surface area (Å²) in [5, 5.41) is 7.01. The average Bonchev–Trinajstić information content (AvgIpc) is 2.75. The topological polar surface area (TPSA) is 96.0 Å². The van der Waals surface area contributed by atoms with Crippen LogP contribution in [0.15, 0.2) is 71.9 Å². The van der Waals surface area contributed by atoms with Crippen LogP contribution in [0.1, 0.15) is 30.0 Å². The highest BCUT2D eigenvalue weighted by molar-refractivity contribution is 7.92. The third-order valence-electron chi connectivity index (χ3n) is 4.89. The Balaban J connectivity index is 1.40. The van der Waals surface area contributed by atoms with Gasteiger partial charge in [-0.15, -0.1) is 0 Å². The molecule has 0 spiro atoms. The molecule has 0 saturated heterocycles. The van der Waals surface area contributed by atoms with Gasteiger partial charge in [-0.3, -0.25) is 0 Å². The number of rotatable bonds is 5. The van der Waals surface area contributed by atoms with E-state index in [0.29, 0.717) is 10.8 Å². The van der Waals surface area contributed by atoms with Crippen molar-refractivity contribution in [3.05, 3.63) is 78.1 Å². The van der Waals surface area contributed by atoms with Gasteiger partial charge in [-0.2, -0.15) is 0 Å². The number of hydrogen-bond donors (Lipinski definition) is 3. The van der Waals surface area contributed by atoms with E-state index in [1.807, 2.05) is 6.07 Å². The van der Waals surface area contributed by atoms with Crippen LogP contribution in [0.2, 0.25) is 0 Å². The lowest BCUT2D eigenvalue weighted by molar-refractivity contribution is 0.529. The van der Waals surface area contributed by atoms with Crippen LogP contribution in [0.4, 0.5) is 11.6 Å². The first-order valence-corrected chi connectivity index (χ1v) is 11.5. The number of aryl methyl sites for hydroxylation is 1. The van der Waals surface area contributed by atoms with E-state index in [2.05, 4.69) is 43.5 Å². The largest absolute Gasteiger partial charge is 0.356 e. The van der Waals surface area contributed by atoms with Gasteiger partial charge in [0.15, 0.2) is 5.11 Å². The molecule has 1 heterocycles. The molecule has 0 radical (unpaired) electrons. The summed E-state index contributed by atoms with van der Waals surface area (Å²) in [5.74, 6) is 0.0258. The molecule has 0 bridgehead atoms. The second-order valence-corrected chi connectivity index (χ2v) is 9.04. The molecular formula is C21H21N5O2S2. The molecule has 154 valence electrons. The first kappa shape index (κ1) is 20.2. The molecule has 0 fully saturated rings. The second kappa shape index (κ2) is 8.76. The summed E-state index contributed by atoms with van der Waals surface area (Å²) in [7, 11) is -3.77. The third kappa shape index (κ3) is 4.74. The van der Waals surface area contributed by atoms with Crippen LogP contribution in [0.25, 0.3) is 0 Å². The summed E-state index contributed by atoms with van der Waals surface area (Å²) < 4.78 is 27.3. The lowest BCUT2D eigenvalue weighted by Gasteiger charge is -2.27. The van der Waals surface area contributed by atoms with E-state index >= 15 is 0 Å². The lowest BCUT2D eigenvalue weighted by Crippen LogP contribution is -2.34. The third-order valence-corrected chi connectivity index (χ3v) is 6.45. The summed E-state index contributed by atoms with van der Waals surface area (Å²) in [6.45, 7) is 0. The lowest BCUT2D eigenvalue weighted by atomic mass is 9.88. The molecule has 7 nitrogen and oxygen atoms in total. The van der Waals surface area contributed by atoms with E-state index in [0.717, 1.165) is 19.3 Å². The molecule has 0 saturated carbocycles. The van der Waals surface area contributed by atoms with E-state index in [1.54, 1.807) is 18.2 Å². The Morgan fingerprint density at radius 3 is 2.50 bits per heavy atom. The second-order valence-electron chi connectivity index (χ2n) is 6.94. The number of nitrogens with one attached hydrogen (secondary N) is 3. The standard InChI is InChI=1S/C21H21N5O2S2/c27-30(28,26-20-22-13-4-14-23-20)17-11-9-16(10-12-17)24-21(29)25-19-8-3-6-15-5-1-2-7-18(15)19/h1-2,4-5,7,9-14,19H,3,6,8H2,(H,22,23,26)(H2,24,25,29). The molecular weight excluding hydrogens is 418 g/mol. The molecule has 3 aromatic rings. The zero-order chi connectivity index (χ0) is 21.0. The van der Waals surface area contributed by atoms with Gasteiger partial charge >= 0.3 is 0 Å². The molecule has 1 aromatic heterocycles. The zero-order valence-corrected chi connectivity index (χ0v) is 17.7. The minimum Gasteiger partial charge on any atom is -0.356 e. The van der Waals surface area contributed by atoms with Crippen molar-refractivity contribution in [2.45, 2.75) is 30.2 Å². The Morgan fingerprint density at radius 2 is 1.73 bits per heavy atom. The monoisotopic (exact) mass is 439 g/mol. The van der Waals surface area contributed by atoms with Gasteiger partial charge < -0.3 is 10.6 Å². The highest BCUT2D eigenvalue weighted by Crippen LogP contribution is 2.29. The van der Waals surface area contributed by atoms with Crippen LogP contribution in [0.3, 0.4) is 0 Å². The van der Waals surface area contributed by atoms with Gasteiger partial charge in [-0.1, -0.05) is 24.3 Å². The van der Waals surface area contributed by atoms with E-state index in [1.165, 1.54) is 35.7 Å². The Morgan fingerprint density at radius 1 is 1.00 bits per heavy atom. The Hall–Kier alpha value is -3.04. The van der Waals surface area contributed by atoms with Crippen LogP contribution in [0.5, 0.6) is 0 Å². The molecule has 3 N–H and O–H groups in total. The summed E-state index contributed by atoms with van der Waals surface area (Å²) >= 11 is 5.47.